The zero-order chi connectivity index (χ0) is 12.3. The first-order valence-electron chi connectivity index (χ1n) is 5.09. The van der Waals surface area contributed by atoms with Gasteiger partial charge in [0, 0.05) is 5.54 Å². The number of nitrogens with zero attached hydrogens (tertiary/aromatic N) is 1. The van der Waals surface area contributed by atoms with Crippen LogP contribution in [0, 0.1) is 6.92 Å². The van der Waals surface area contributed by atoms with Crippen molar-refractivity contribution in [3.05, 3.63) is 17.8 Å². The van der Waals surface area contributed by atoms with E-state index in [0.29, 0.717) is 11.5 Å². The minimum Gasteiger partial charge on any atom is -0.397 e. The predicted molar refractivity (Wildman–Crippen MR) is 65.3 cm³/mol. The summed E-state index contributed by atoms with van der Waals surface area (Å²) >= 11 is 0. The Kier molecular flexibility index (Phi) is 3.37. The number of aryl methyl sites for hydroxylation is 1. The van der Waals surface area contributed by atoms with E-state index in [2.05, 4.69) is 15.6 Å². The fraction of sp³-hybridized carbons (Fsp3) is 0.455. The summed E-state index contributed by atoms with van der Waals surface area (Å²) in [6.07, 6.45) is 1.53. The van der Waals surface area contributed by atoms with E-state index in [-0.39, 0.29) is 11.6 Å². The monoisotopic (exact) mass is 222 g/mol. The Morgan fingerprint density at radius 3 is 2.56 bits per heavy atom. The number of nitrogen functional groups attached to an aromatic ring is 1. The van der Waals surface area contributed by atoms with E-state index in [1.165, 1.54) is 6.20 Å². The summed E-state index contributed by atoms with van der Waals surface area (Å²) in [5.41, 5.74) is 6.86. The van der Waals surface area contributed by atoms with Crippen molar-refractivity contribution in [3.8, 4) is 0 Å². The lowest BCUT2D eigenvalue weighted by atomic mass is 10.1. The van der Waals surface area contributed by atoms with E-state index in [1.54, 1.807) is 6.07 Å². The minimum absolute atomic E-state index is 0.271. The van der Waals surface area contributed by atoms with E-state index < -0.39 is 0 Å². The number of aromatic nitrogens is 1. The first-order chi connectivity index (χ1) is 7.28. The fourth-order valence-corrected chi connectivity index (χ4v) is 1.12. The first-order valence-corrected chi connectivity index (χ1v) is 5.09. The van der Waals surface area contributed by atoms with Gasteiger partial charge >= 0.3 is 6.03 Å². The maximum Gasteiger partial charge on any atom is 0.320 e. The number of urea groups is 1. The average Bonchev–Trinajstić information content (AvgIpc) is 2.08. The van der Waals surface area contributed by atoms with Gasteiger partial charge < -0.3 is 11.1 Å². The predicted octanol–water partition coefficient (Wildman–Crippen LogP) is 1.89. The molecule has 1 aromatic heterocycles. The van der Waals surface area contributed by atoms with Crippen molar-refractivity contribution in [1.29, 1.82) is 0 Å². The van der Waals surface area contributed by atoms with Crippen molar-refractivity contribution < 1.29 is 4.79 Å². The number of amides is 2. The Morgan fingerprint density at radius 1 is 1.44 bits per heavy atom. The largest absolute Gasteiger partial charge is 0.397 e. The first kappa shape index (κ1) is 12.3. The summed E-state index contributed by atoms with van der Waals surface area (Å²) in [5, 5.41) is 5.43. The van der Waals surface area contributed by atoms with Gasteiger partial charge in [-0.1, -0.05) is 0 Å². The second kappa shape index (κ2) is 4.38. The molecule has 0 aliphatic heterocycles. The Labute approximate surface area is 95.4 Å². The highest BCUT2D eigenvalue weighted by atomic mass is 16.2. The molecule has 4 N–H and O–H groups in total. The van der Waals surface area contributed by atoms with Crippen molar-refractivity contribution in [2.75, 3.05) is 11.1 Å². The third-order valence-electron chi connectivity index (χ3n) is 1.88. The van der Waals surface area contributed by atoms with Crippen LogP contribution in [0.1, 0.15) is 26.3 Å². The number of nitrogens with one attached hydrogen (secondary N) is 2. The molecule has 0 saturated carbocycles. The van der Waals surface area contributed by atoms with Gasteiger partial charge in [0.15, 0.2) is 0 Å². The van der Waals surface area contributed by atoms with Crippen LogP contribution in [0.5, 0.6) is 0 Å². The zero-order valence-electron chi connectivity index (χ0n) is 10.1. The van der Waals surface area contributed by atoms with E-state index in [1.807, 2.05) is 27.7 Å². The molecule has 0 aromatic carbocycles. The van der Waals surface area contributed by atoms with Gasteiger partial charge in [0.1, 0.15) is 5.82 Å². The summed E-state index contributed by atoms with van der Waals surface area (Å²) < 4.78 is 0. The molecule has 5 heteroatoms. The van der Waals surface area contributed by atoms with Gasteiger partial charge in [0.05, 0.1) is 11.9 Å². The molecule has 88 valence electrons. The van der Waals surface area contributed by atoms with E-state index in [9.17, 15) is 4.79 Å². The molecule has 0 fully saturated rings. The summed E-state index contributed by atoms with van der Waals surface area (Å²) in [7, 11) is 0. The summed E-state index contributed by atoms with van der Waals surface area (Å²) in [4.78, 5) is 15.5. The Bertz CT molecular complexity index is 395. The van der Waals surface area contributed by atoms with E-state index >= 15 is 0 Å². The highest BCUT2D eigenvalue weighted by Crippen LogP contribution is 2.13. The topological polar surface area (TPSA) is 80.0 Å². The van der Waals surface area contributed by atoms with Crippen LogP contribution in [-0.2, 0) is 0 Å². The van der Waals surface area contributed by atoms with Crippen molar-refractivity contribution in [2.24, 2.45) is 0 Å². The average molecular weight is 222 g/mol. The molecule has 0 aliphatic carbocycles. The molecule has 0 saturated heterocycles. The number of rotatable bonds is 1. The lowest BCUT2D eigenvalue weighted by Gasteiger charge is -2.20. The molecule has 5 nitrogen and oxygen atoms in total. The molecule has 0 unspecified atom stereocenters. The smallest absolute Gasteiger partial charge is 0.320 e. The molecule has 0 aliphatic rings. The van der Waals surface area contributed by atoms with Gasteiger partial charge in [-0.3, -0.25) is 5.32 Å². The van der Waals surface area contributed by atoms with Crippen LogP contribution in [0.2, 0.25) is 0 Å². The zero-order valence-corrected chi connectivity index (χ0v) is 10.1. The summed E-state index contributed by atoms with van der Waals surface area (Å²) in [5.74, 6) is 0.494. The molecule has 2 amide bonds. The molecular weight excluding hydrogens is 204 g/mol. The number of nitrogens with two attached hydrogens (primary N) is 1. The van der Waals surface area contributed by atoms with Gasteiger partial charge in [-0.15, -0.1) is 0 Å². The van der Waals surface area contributed by atoms with Crippen molar-refractivity contribution in [1.82, 2.24) is 10.3 Å². The molecule has 0 spiro atoms. The fourth-order valence-electron chi connectivity index (χ4n) is 1.12. The third kappa shape index (κ3) is 3.76. The van der Waals surface area contributed by atoms with Gasteiger partial charge in [0.25, 0.3) is 0 Å². The number of pyridine rings is 1. The lowest BCUT2D eigenvalue weighted by molar-refractivity contribution is 0.243. The molecule has 16 heavy (non-hydrogen) atoms. The van der Waals surface area contributed by atoms with Gasteiger partial charge in [0.2, 0.25) is 0 Å². The number of carbonyl (C=O) groups excluding carboxylic acids is 1. The number of hydrogen-bond donors (Lipinski definition) is 3. The third-order valence-corrected chi connectivity index (χ3v) is 1.88. The molecule has 0 atom stereocenters. The Hall–Kier alpha value is -1.78. The Balaban J connectivity index is 2.67. The molecule has 1 aromatic rings. The van der Waals surface area contributed by atoms with Crippen LogP contribution >= 0.6 is 0 Å². The Morgan fingerprint density at radius 2 is 2.06 bits per heavy atom. The van der Waals surface area contributed by atoms with Crippen molar-refractivity contribution >= 4 is 17.5 Å². The van der Waals surface area contributed by atoms with Crippen LogP contribution in [0.25, 0.3) is 0 Å². The second-order valence-corrected chi connectivity index (χ2v) is 4.76. The molecule has 0 bridgehead atoms. The molecule has 1 heterocycles. The molecule has 0 radical (unpaired) electrons. The van der Waals surface area contributed by atoms with Gasteiger partial charge in [-0.2, -0.15) is 0 Å². The van der Waals surface area contributed by atoms with Gasteiger partial charge in [-0.05, 0) is 39.3 Å². The highest BCUT2D eigenvalue weighted by molar-refractivity contribution is 5.88. The molecular formula is C11H18N4O. The van der Waals surface area contributed by atoms with Gasteiger partial charge in [-0.25, -0.2) is 9.78 Å². The van der Waals surface area contributed by atoms with Crippen LogP contribution in [0.15, 0.2) is 12.3 Å². The van der Waals surface area contributed by atoms with E-state index in [0.717, 1.165) is 5.56 Å². The van der Waals surface area contributed by atoms with E-state index in [4.69, 9.17) is 5.73 Å². The lowest BCUT2D eigenvalue weighted by Crippen LogP contribution is -2.43. The standard InChI is InChI=1S/C11H18N4O/c1-7-5-9(13-6-8(7)12)14-10(16)15-11(2,3)4/h5-6H,12H2,1-4H3,(H2,13,14,15,16). The van der Waals surface area contributed by atoms with Crippen LogP contribution in [-0.4, -0.2) is 16.6 Å². The van der Waals surface area contributed by atoms with Crippen LogP contribution in [0.4, 0.5) is 16.3 Å². The normalized spacial score (nSPS) is 11.0. The van der Waals surface area contributed by atoms with Crippen LogP contribution < -0.4 is 16.4 Å². The summed E-state index contributed by atoms with van der Waals surface area (Å²) in [6.45, 7) is 7.60. The maximum absolute atomic E-state index is 11.5. The van der Waals surface area contributed by atoms with Crippen molar-refractivity contribution in [3.63, 3.8) is 0 Å². The van der Waals surface area contributed by atoms with Crippen LogP contribution in [0.3, 0.4) is 0 Å². The SMILES string of the molecule is Cc1cc(NC(=O)NC(C)(C)C)ncc1N. The number of hydrogen-bond acceptors (Lipinski definition) is 3. The number of carbonyl (C=O) groups is 1. The second-order valence-electron chi connectivity index (χ2n) is 4.76. The maximum atomic E-state index is 11.5. The summed E-state index contributed by atoms with van der Waals surface area (Å²) in [6, 6.07) is 1.46. The quantitative estimate of drug-likeness (QED) is 0.678. The number of anilines is 2. The minimum atomic E-state index is -0.274. The molecule has 1 rings (SSSR count). The van der Waals surface area contributed by atoms with Crippen molar-refractivity contribution in [2.45, 2.75) is 33.2 Å². The highest BCUT2D eigenvalue weighted by Gasteiger charge is 2.13.